The zero-order valence-electron chi connectivity index (χ0n) is 8.44. The number of rotatable bonds is 4. The number of hydrogen-bond donors (Lipinski definition) is 3. The first-order valence-corrected chi connectivity index (χ1v) is 4.57. The monoisotopic (exact) mass is 280 g/mol. The molecule has 0 fully saturated rings. The predicted octanol–water partition coefficient (Wildman–Crippen LogP) is 0.979. The first kappa shape index (κ1) is 15.8. The van der Waals surface area contributed by atoms with E-state index in [1.807, 2.05) is 5.32 Å². The molecule has 0 rings (SSSR count). The van der Waals surface area contributed by atoms with Crippen LogP contribution in [-0.4, -0.2) is 41.9 Å². The molecule has 0 aliphatic heterocycles. The molecule has 0 aliphatic carbocycles. The van der Waals surface area contributed by atoms with Gasteiger partial charge in [0.15, 0.2) is 5.11 Å². The van der Waals surface area contributed by atoms with Gasteiger partial charge in [-0.3, -0.25) is 4.79 Å². The van der Waals surface area contributed by atoms with Gasteiger partial charge in [-0.1, -0.05) is 0 Å². The van der Waals surface area contributed by atoms with E-state index in [1.54, 1.807) is 0 Å². The Balaban J connectivity index is 4.87. The van der Waals surface area contributed by atoms with Crippen LogP contribution in [0.1, 0.15) is 0 Å². The molecule has 0 heterocycles. The van der Waals surface area contributed by atoms with Crippen molar-refractivity contribution in [3.05, 3.63) is 0 Å². The molecular weight excluding hydrogens is 271 g/mol. The van der Waals surface area contributed by atoms with Crippen molar-refractivity contribution in [3.63, 3.8) is 0 Å². The fourth-order valence-electron chi connectivity index (χ4n) is 0.851. The van der Waals surface area contributed by atoms with Gasteiger partial charge in [-0.05, 0) is 12.2 Å². The van der Waals surface area contributed by atoms with E-state index in [-0.39, 0.29) is 5.11 Å². The number of hydrogen-bond acceptors (Lipinski definition) is 2. The largest absolute Gasteiger partial charge is 0.481 e. The molecular formula is C7H9F5N2O2S. The molecule has 1 unspecified atom stereocenters. The molecule has 3 N–H and O–H groups in total. The smallest absolute Gasteiger partial charge is 0.454 e. The van der Waals surface area contributed by atoms with Gasteiger partial charge in [0.1, 0.15) is 5.92 Å². The molecule has 0 spiro atoms. The minimum atomic E-state index is -5.93. The lowest BCUT2D eigenvalue weighted by Gasteiger charge is -2.26. The third kappa shape index (κ3) is 3.95. The van der Waals surface area contributed by atoms with Crippen LogP contribution in [0.3, 0.4) is 0 Å². The Kier molecular flexibility index (Phi) is 5.05. The van der Waals surface area contributed by atoms with Gasteiger partial charge in [0.05, 0.1) is 0 Å². The van der Waals surface area contributed by atoms with E-state index in [1.165, 1.54) is 7.05 Å². The number of alkyl halides is 5. The van der Waals surface area contributed by atoms with Gasteiger partial charge in [-0.25, -0.2) is 0 Å². The Morgan fingerprint density at radius 3 is 2.12 bits per heavy atom. The fourth-order valence-corrected chi connectivity index (χ4v) is 0.935. The summed E-state index contributed by atoms with van der Waals surface area (Å²) in [5.74, 6) is -10.6. The number of nitrogens with one attached hydrogen (secondary N) is 2. The highest BCUT2D eigenvalue weighted by atomic mass is 32.1. The number of carboxylic acids is 1. The van der Waals surface area contributed by atoms with E-state index >= 15 is 0 Å². The molecule has 0 radical (unpaired) electrons. The molecule has 0 aromatic rings. The number of carbonyl (C=O) groups is 1. The normalized spacial score (nSPS) is 14.0. The highest BCUT2D eigenvalue weighted by Crippen LogP contribution is 2.41. The lowest BCUT2D eigenvalue weighted by atomic mass is 10.0. The molecule has 1 atom stereocenters. The van der Waals surface area contributed by atoms with E-state index in [4.69, 9.17) is 5.11 Å². The van der Waals surface area contributed by atoms with E-state index in [0.29, 0.717) is 0 Å². The summed E-state index contributed by atoms with van der Waals surface area (Å²) in [6.07, 6.45) is -5.93. The molecule has 10 heteroatoms. The van der Waals surface area contributed by atoms with Crippen molar-refractivity contribution in [3.8, 4) is 0 Å². The van der Waals surface area contributed by atoms with Gasteiger partial charge in [0.25, 0.3) is 0 Å². The molecule has 0 aromatic heterocycles. The Morgan fingerprint density at radius 1 is 1.35 bits per heavy atom. The molecule has 4 nitrogen and oxygen atoms in total. The first-order valence-electron chi connectivity index (χ1n) is 4.17. The van der Waals surface area contributed by atoms with Crippen LogP contribution in [0.25, 0.3) is 0 Å². The van der Waals surface area contributed by atoms with Crippen LogP contribution < -0.4 is 10.6 Å². The highest BCUT2D eigenvalue weighted by molar-refractivity contribution is 7.80. The summed E-state index contributed by atoms with van der Waals surface area (Å²) in [5.41, 5.74) is 0. The van der Waals surface area contributed by atoms with Crippen LogP contribution in [0, 0.1) is 5.92 Å². The number of aliphatic carboxylic acids is 1. The summed E-state index contributed by atoms with van der Waals surface area (Å²) in [6, 6.07) is 0. The van der Waals surface area contributed by atoms with Crippen molar-refractivity contribution < 1.29 is 31.9 Å². The summed E-state index contributed by atoms with van der Waals surface area (Å²) in [7, 11) is 1.30. The minimum Gasteiger partial charge on any atom is -0.481 e. The second-order valence-electron chi connectivity index (χ2n) is 2.97. The van der Waals surface area contributed by atoms with Crippen molar-refractivity contribution in [2.24, 2.45) is 5.92 Å². The van der Waals surface area contributed by atoms with Gasteiger partial charge < -0.3 is 15.7 Å². The Morgan fingerprint density at radius 2 is 1.82 bits per heavy atom. The van der Waals surface area contributed by atoms with E-state index < -0.39 is 30.5 Å². The van der Waals surface area contributed by atoms with Crippen molar-refractivity contribution >= 4 is 23.3 Å². The van der Waals surface area contributed by atoms with Crippen LogP contribution in [0.5, 0.6) is 0 Å². The van der Waals surface area contributed by atoms with E-state index in [0.717, 1.165) is 0 Å². The van der Waals surface area contributed by atoms with Crippen LogP contribution in [0.4, 0.5) is 22.0 Å². The zero-order chi connectivity index (χ0) is 13.9. The summed E-state index contributed by atoms with van der Waals surface area (Å²) in [4.78, 5) is 10.4. The van der Waals surface area contributed by atoms with Crippen LogP contribution >= 0.6 is 12.2 Å². The first-order chi connectivity index (χ1) is 7.54. The molecule has 0 aromatic carbocycles. The molecule has 17 heavy (non-hydrogen) atoms. The Hall–Kier alpha value is -1.19. The summed E-state index contributed by atoms with van der Waals surface area (Å²) in [5, 5.41) is 12.3. The standard InChI is InChI=1S/C7H9F5N2O2S/c1-13-5(17)14-2-3(4(15)16)6(8,9)7(10,11)12/h3H,2H2,1H3,(H,15,16)(H2,13,14,17). The van der Waals surface area contributed by atoms with Gasteiger partial charge in [-0.15, -0.1) is 0 Å². The molecule has 0 saturated carbocycles. The summed E-state index contributed by atoms with van der Waals surface area (Å²) < 4.78 is 61.5. The number of thiocarbonyl (C=S) groups is 1. The van der Waals surface area contributed by atoms with Crippen molar-refractivity contribution in [1.82, 2.24) is 10.6 Å². The molecule has 100 valence electrons. The number of carboxylic acid groups (broad SMARTS) is 1. The third-order valence-corrected chi connectivity index (χ3v) is 2.16. The number of halogens is 5. The van der Waals surface area contributed by atoms with Crippen LogP contribution in [0.15, 0.2) is 0 Å². The van der Waals surface area contributed by atoms with Crippen molar-refractivity contribution in [2.75, 3.05) is 13.6 Å². The minimum absolute atomic E-state index is 0.228. The van der Waals surface area contributed by atoms with Gasteiger partial charge >= 0.3 is 18.1 Å². The summed E-state index contributed by atoms with van der Waals surface area (Å²) >= 11 is 4.44. The summed E-state index contributed by atoms with van der Waals surface area (Å²) in [6.45, 7) is -1.14. The topological polar surface area (TPSA) is 61.4 Å². The zero-order valence-corrected chi connectivity index (χ0v) is 9.25. The molecule has 0 bridgehead atoms. The lowest BCUT2D eigenvalue weighted by molar-refractivity contribution is -0.300. The van der Waals surface area contributed by atoms with Gasteiger partial charge in [-0.2, -0.15) is 22.0 Å². The van der Waals surface area contributed by atoms with Crippen molar-refractivity contribution in [2.45, 2.75) is 12.1 Å². The third-order valence-electron chi connectivity index (χ3n) is 1.81. The van der Waals surface area contributed by atoms with Gasteiger partial charge in [0, 0.05) is 13.6 Å². The molecule has 0 aliphatic rings. The van der Waals surface area contributed by atoms with Crippen LogP contribution in [0.2, 0.25) is 0 Å². The maximum absolute atomic E-state index is 12.8. The lowest BCUT2D eigenvalue weighted by Crippen LogP contribution is -2.52. The maximum Gasteiger partial charge on any atom is 0.454 e. The Bertz CT molecular complexity index is 307. The fraction of sp³-hybridized carbons (Fsp3) is 0.714. The highest BCUT2D eigenvalue weighted by Gasteiger charge is 2.64. The van der Waals surface area contributed by atoms with E-state index in [9.17, 15) is 26.7 Å². The van der Waals surface area contributed by atoms with Crippen molar-refractivity contribution in [1.29, 1.82) is 0 Å². The quantitative estimate of drug-likeness (QED) is 0.529. The molecule has 0 amide bonds. The maximum atomic E-state index is 12.8. The average molecular weight is 280 g/mol. The van der Waals surface area contributed by atoms with Crippen LogP contribution in [-0.2, 0) is 4.79 Å². The second kappa shape index (κ2) is 5.43. The Labute approximate surface area is 98.2 Å². The van der Waals surface area contributed by atoms with E-state index in [2.05, 4.69) is 17.5 Å². The van der Waals surface area contributed by atoms with Gasteiger partial charge in [0.2, 0.25) is 0 Å². The predicted molar refractivity (Wildman–Crippen MR) is 51.8 cm³/mol. The average Bonchev–Trinajstić information content (AvgIpc) is 2.14. The SMILES string of the molecule is CNC(=S)NCC(C(=O)O)C(F)(F)C(F)(F)F. The molecule has 0 saturated heterocycles. The second-order valence-corrected chi connectivity index (χ2v) is 3.38.